The van der Waals surface area contributed by atoms with Gasteiger partial charge < -0.3 is 24.9 Å². The Morgan fingerprint density at radius 2 is 1.65 bits per heavy atom. The van der Waals surface area contributed by atoms with E-state index in [1.165, 1.54) is 5.56 Å². The Bertz CT molecular complexity index is 1300. The van der Waals surface area contributed by atoms with Gasteiger partial charge in [-0.2, -0.15) is 0 Å². The number of alkyl carbamates (subject to hydrolysis) is 2. The van der Waals surface area contributed by atoms with Crippen LogP contribution in [-0.2, 0) is 41.7 Å². The largest absolute Gasteiger partial charge is 0.445 e. The summed E-state index contributed by atoms with van der Waals surface area (Å²) in [4.78, 5) is 66.3. The number of fused-ring (bicyclic) bond motifs is 3. The van der Waals surface area contributed by atoms with E-state index in [1.54, 1.807) is 20.8 Å². The van der Waals surface area contributed by atoms with E-state index in [0.29, 0.717) is 5.06 Å². The predicted molar refractivity (Wildman–Crippen MR) is 142 cm³/mol. The molecule has 1 saturated heterocycles. The van der Waals surface area contributed by atoms with E-state index in [2.05, 4.69) is 22.8 Å². The number of amides is 4. The average Bonchev–Trinajstić information content (AvgIpc) is 3.43. The monoisotopic (exact) mass is 551 g/mol. The second kappa shape index (κ2) is 12.2. The molecule has 0 spiro atoms. The highest BCUT2D eigenvalue weighted by Crippen LogP contribution is 2.38. The van der Waals surface area contributed by atoms with Gasteiger partial charge in [-0.3, -0.25) is 9.59 Å². The summed E-state index contributed by atoms with van der Waals surface area (Å²) in [6, 6.07) is 12.7. The Balaban J connectivity index is 1.36. The lowest BCUT2D eigenvalue weighted by Gasteiger charge is -2.21. The maximum absolute atomic E-state index is 12.8. The van der Waals surface area contributed by atoms with Gasteiger partial charge in [0.1, 0.15) is 18.2 Å². The van der Waals surface area contributed by atoms with Crippen LogP contribution in [-0.4, -0.2) is 53.2 Å². The molecule has 40 heavy (non-hydrogen) atoms. The lowest BCUT2D eigenvalue weighted by Crippen LogP contribution is -2.46. The molecule has 11 nitrogen and oxygen atoms in total. The van der Waals surface area contributed by atoms with Crippen molar-refractivity contribution in [3.05, 3.63) is 59.2 Å². The molecule has 2 aromatic rings. The number of ether oxygens (including phenoxy) is 2. The van der Waals surface area contributed by atoms with Gasteiger partial charge in [-0.25, -0.2) is 14.4 Å². The SMILES string of the molecule is CC(C)(C)OC(=O)NCCC[C@H](NC(=O)OCc1cccc2c1Cc1ccccc1-2)C(=O)ON1C(=O)CCC1=O. The van der Waals surface area contributed by atoms with Crippen LogP contribution in [0, 0.1) is 0 Å². The molecule has 0 aromatic heterocycles. The standard InChI is InChI=1S/C29H33N3O8/c1-29(2,3)39-27(36)30-15-7-12-23(26(35)40-32-24(33)13-14-25(32)34)31-28(37)38-17-19-9-6-11-21-20-10-5-4-8-18(20)16-22(19)21/h4-6,8-11,23H,7,12-17H2,1-3H3,(H,30,36)(H,31,37)/t23-/m0/s1. The van der Waals surface area contributed by atoms with Gasteiger partial charge in [-0.15, -0.1) is 5.06 Å². The smallest absolute Gasteiger partial charge is 0.408 e. The molecule has 0 bridgehead atoms. The zero-order chi connectivity index (χ0) is 28.9. The Morgan fingerprint density at radius 1 is 0.950 bits per heavy atom. The van der Waals surface area contributed by atoms with Crippen LogP contribution >= 0.6 is 0 Å². The van der Waals surface area contributed by atoms with Crippen molar-refractivity contribution in [1.29, 1.82) is 0 Å². The number of carbonyl (C=O) groups is 5. The van der Waals surface area contributed by atoms with Crippen LogP contribution in [0.15, 0.2) is 42.5 Å². The van der Waals surface area contributed by atoms with Gasteiger partial charge in [-0.1, -0.05) is 42.5 Å². The molecule has 4 amide bonds. The summed E-state index contributed by atoms with van der Waals surface area (Å²) in [5, 5.41) is 5.47. The predicted octanol–water partition coefficient (Wildman–Crippen LogP) is 3.76. The maximum atomic E-state index is 12.8. The maximum Gasteiger partial charge on any atom is 0.408 e. The van der Waals surface area contributed by atoms with Gasteiger partial charge in [0, 0.05) is 19.4 Å². The third kappa shape index (κ3) is 7.16. The van der Waals surface area contributed by atoms with Crippen molar-refractivity contribution < 1.29 is 38.3 Å². The van der Waals surface area contributed by atoms with Crippen LogP contribution in [0.25, 0.3) is 11.1 Å². The molecule has 1 aliphatic carbocycles. The highest BCUT2D eigenvalue weighted by molar-refractivity contribution is 6.01. The first kappa shape index (κ1) is 28.6. The van der Waals surface area contributed by atoms with Crippen molar-refractivity contribution in [3.63, 3.8) is 0 Å². The number of rotatable bonds is 9. The Labute approximate surface area is 232 Å². The van der Waals surface area contributed by atoms with Gasteiger partial charge in [0.2, 0.25) is 0 Å². The third-order valence-corrected chi connectivity index (χ3v) is 6.41. The number of hydroxylamine groups is 2. The Morgan fingerprint density at radius 3 is 2.38 bits per heavy atom. The summed E-state index contributed by atoms with van der Waals surface area (Å²) in [5.41, 5.74) is 4.69. The fourth-order valence-corrected chi connectivity index (χ4v) is 4.56. The van der Waals surface area contributed by atoms with Gasteiger partial charge in [0.25, 0.3) is 11.8 Å². The van der Waals surface area contributed by atoms with E-state index in [9.17, 15) is 24.0 Å². The van der Waals surface area contributed by atoms with Gasteiger partial charge in [0.05, 0.1) is 0 Å². The first-order chi connectivity index (χ1) is 19.0. The first-order valence-corrected chi connectivity index (χ1v) is 13.2. The van der Waals surface area contributed by atoms with Crippen LogP contribution in [0.2, 0.25) is 0 Å². The quantitative estimate of drug-likeness (QED) is 0.303. The molecule has 1 atom stereocenters. The lowest BCUT2D eigenvalue weighted by atomic mass is 10.0. The van der Waals surface area contributed by atoms with Crippen molar-refractivity contribution in [2.45, 2.75) is 71.1 Å². The van der Waals surface area contributed by atoms with Crippen molar-refractivity contribution in [1.82, 2.24) is 15.7 Å². The van der Waals surface area contributed by atoms with Crippen LogP contribution in [0.5, 0.6) is 0 Å². The summed E-state index contributed by atoms with van der Waals surface area (Å²) >= 11 is 0. The first-order valence-electron chi connectivity index (χ1n) is 13.2. The third-order valence-electron chi connectivity index (χ3n) is 6.41. The number of hydrogen-bond donors (Lipinski definition) is 2. The summed E-state index contributed by atoms with van der Waals surface area (Å²) < 4.78 is 10.6. The van der Waals surface area contributed by atoms with Gasteiger partial charge in [0.15, 0.2) is 0 Å². The fourth-order valence-electron chi connectivity index (χ4n) is 4.56. The fraction of sp³-hybridized carbons (Fsp3) is 0.414. The summed E-state index contributed by atoms with van der Waals surface area (Å²) in [6.07, 6.45) is -0.584. The molecule has 1 aliphatic heterocycles. The molecule has 0 saturated carbocycles. The number of nitrogens with one attached hydrogen (secondary N) is 2. The molecule has 1 fully saturated rings. The highest BCUT2D eigenvalue weighted by Gasteiger charge is 2.35. The Kier molecular flexibility index (Phi) is 8.71. The van der Waals surface area contributed by atoms with E-state index in [1.807, 2.05) is 30.3 Å². The van der Waals surface area contributed by atoms with E-state index in [0.717, 1.165) is 28.7 Å². The lowest BCUT2D eigenvalue weighted by molar-refractivity contribution is -0.199. The topological polar surface area (TPSA) is 140 Å². The molecular weight excluding hydrogens is 518 g/mol. The molecule has 4 rings (SSSR count). The van der Waals surface area contributed by atoms with Gasteiger partial charge >= 0.3 is 18.2 Å². The number of benzene rings is 2. The molecule has 2 N–H and O–H groups in total. The molecular formula is C29H33N3O8. The molecule has 1 heterocycles. The van der Waals surface area contributed by atoms with Crippen molar-refractivity contribution in [2.24, 2.45) is 0 Å². The summed E-state index contributed by atoms with van der Waals surface area (Å²) in [5.74, 6) is -2.26. The van der Waals surface area contributed by atoms with Crippen molar-refractivity contribution in [2.75, 3.05) is 6.54 Å². The van der Waals surface area contributed by atoms with Crippen LogP contribution in [0.4, 0.5) is 9.59 Å². The minimum atomic E-state index is -1.24. The van der Waals surface area contributed by atoms with Crippen molar-refractivity contribution >= 4 is 30.0 Å². The zero-order valence-electron chi connectivity index (χ0n) is 22.8. The van der Waals surface area contributed by atoms with E-state index in [-0.39, 0.29) is 38.8 Å². The number of hydrogen-bond acceptors (Lipinski definition) is 8. The second-order valence-corrected chi connectivity index (χ2v) is 10.6. The molecule has 212 valence electrons. The van der Waals surface area contributed by atoms with Crippen LogP contribution in [0.3, 0.4) is 0 Å². The molecule has 11 heteroatoms. The van der Waals surface area contributed by atoms with E-state index >= 15 is 0 Å². The van der Waals surface area contributed by atoms with Crippen molar-refractivity contribution in [3.8, 4) is 11.1 Å². The minimum absolute atomic E-state index is 0.0198. The van der Waals surface area contributed by atoms with E-state index in [4.69, 9.17) is 14.3 Å². The number of imide groups is 1. The minimum Gasteiger partial charge on any atom is -0.445 e. The second-order valence-electron chi connectivity index (χ2n) is 10.6. The number of nitrogens with zero attached hydrogens (tertiary/aromatic N) is 1. The molecule has 0 radical (unpaired) electrons. The molecule has 2 aromatic carbocycles. The molecule has 2 aliphatic rings. The average molecular weight is 552 g/mol. The highest BCUT2D eigenvalue weighted by atomic mass is 16.7. The van der Waals surface area contributed by atoms with E-state index < -0.39 is 41.6 Å². The molecule has 0 unspecified atom stereocenters. The van der Waals surface area contributed by atoms with Crippen LogP contribution in [0.1, 0.15) is 63.1 Å². The Hall–Kier alpha value is -4.41. The summed E-state index contributed by atoms with van der Waals surface area (Å²) in [6.45, 7) is 5.33. The van der Waals surface area contributed by atoms with Crippen LogP contribution < -0.4 is 10.6 Å². The zero-order valence-corrected chi connectivity index (χ0v) is 22.8. The summed E-state index contributed by atoms with van der Waals surface area (Å²) in [7, 11) is 0. The normalized spacial score (nSPS) is 14.7. The number of carbonyl (C=O) groups excluding carboxylic acids is 5. The van der Waals surface area contributed by atoms with Gasteiger partial charge in [-0.05, 0) is 67.9 Å².